The first-order chi connectivity index (χ1) is 12.5. The molecule has 4 rings (SSSR count). The summed E-state index contributed by atoms with van der Waals surface area (Å²) in [6, 6.07) is 5.60. The fourth-order valence-corrected chi connectivity index (χ4v) is 3.48. The second kappa shape index (κ2) is 6.34. The van der Waals surface area contributed by atoms with Crippen molar-refractivity contribution < 1.29 is 9.32 Å². The van der Waals surface area contributed by atoms with Gasteiger partial charge in [0.1, 0.15) is 0 Å². The third-order valence-electron chi connectivity index (χ3n) is 3.95. The van der Waals surface area contributed by atoms with Gasteiger partial charge in [-0.3, -0.25) is 9.48 Å². The fraction of sp³-hybridized carbons (Fsp3) is 0.235. The van der Waals surface area contributed by atoms with E-state index in [9.17, 15) is 4.79 Å². The predicted molar refractivity (Wildman–Crippen MR) is 96.8 cm³/mol. The second-order valence-electron chi connectivity index (χ2n) is 5.89. The first-order valence-corrected chi connectivity index (χ1v) is 8.86. The quantitative estimate of drug-likeness (QED) is 0.594. The standard InChI is InChI=1S/C17H16N6O2S/c1-9-7-11(14-10(2)21-23(3)16(14)19-9)17(24)18-8-13-20-15(22-25-13)12-5-4-6-26-12/h4-7H,8H2,1-3H3,(H,18,24). The molecule has 9 heteroatoms. The van der Waals surface area contributed by atoms with Crippen molar-refractivity contribution in [1.82, 2.24) is 30.2 Å². The molecule has 0 aromatic carbocycles. The van der Waals surface area contributed by atoms with Gasteiger partial charge in [0.05, 0.1) is 28.1 Å². The summed E-state index contributed by atoms with van der Waals surface area (Å²) in [5.41, 5.74) is 2.74. The molecule has 4 heterocycles. The molecule has 0 unspecified atom stereocenters. The van der Waals surface area contributed by atoms with Crippen LogP contribution in [0, 0.1) is 13.8 Å². The predicted octanol–water partition coefficient (Wildman–Crippen LogP) is 2.63. The van der Waals surface area contributed by atoms with Crippen LogP contribution in [-0.4, -0.2) is 30.8 Å². The Labute approximate surface area is 152 Å². The number of rotatable bonds is 4. The number of aromatic nitrogens is 5. The van der Waals surface area contributed by atoms with Crippen LogP contribution in [0.1, 0.15) is 27.6 Å². The van der Waals surface area contributed by atoms with Crippen LogP contribution in [-0.2, 0) is 13.6 Å². The van der Waals surface area contributed by atoms with Crippen LogP contribution < -0.4 is 5.32 Å². The van der Waals surface area contributed by atoms with Crippen molar-refractivity contribution in [3.63, 3.8) is 0 Å². The Morgan fingerprint density at radius 1 is 1.35 bits per heavy atom. The van der Waals surface area contributed by atoms with Crippen molar-refractivity contribution in [3.8, 4) is 10.7 Å². The maximum absolute atomic E-state index is 12.7. The Bertz CT molecular complexity index is 1100. The highest BCUT2D eigenvalue weighted by Crippen LogP contribution is 2.23. The van der Waals surface area contributed by atoms with Crippen LogP contribution in [0.5, 0.6) is 0 Å². The highest BCUT2D eigenvalue weighted by molar-refractivity contribution is 7.13. The number of aryl methyl sites for hydroxylation is 3. The average molecular weight is 368 g/mol. The zero-order valence-electron chi connectivity index (χ0n) is 14.5. The fourth-order valence-electron chi connectivity index (χ4n) is 2.83. The van der Waals surface area contributed by atoms with E-state index in [1.54, 1.807) is 10.7 Å². The lowest BCUT2D eigenvalue weighted by Gasteiger charge is -2.06. The smallest absolute Gasteiger partial charge is 0.252 e. The van der Waals surface area contributed by atoms with Crippen LogP contribution >= 0.6 is 11.3 Å². The lowest BCUT2D eigenvalue weighted by Crippen LogP contribution is -2.23. The number of nitrogens with one attached hydrogen (secondary N) is 1. The molecule has 8 nitrogen and oxygen atoms in total. The van der Waals surface area contributed by atoms with E-state index in [0.717, 1.165) is 21.7 Å². The molecule has 0 aliphatic carbocycles. The molecule has 0 fully saturated rings. The highest BCUT2D eigenvalue weighted by Gasteiger charge is 2.18. The SMILES string of the molecule is Cc1cc(C(=O)NCc2nc(-c3cccs3)no2)c2c(C)nn(C)c2n1. The topological polar surface area (TPSA) is 98.7 Å². The van der Waals surface area contributed by atoms with Gasteiger partial charge in [-0.05, 0) is 31.4 Å². The molecule has 0 bridgehead atoms. The van der Waals surface area contributed by atoms with E-state index < -0.39 is 0 Å². The Morgan fingerprint density at radius 2 is 2.19 bits per heavy atom. The van der Waals surface area contributed by atoms with Crippen LogP contribution in [0.15, 0.2) is 28.1 Å². The summed E-state index contributed by atoms with van der Waals surface area (Å²) in [5, 5.41) is 13.8. The Hall–Kier alpha value is -3.07. The minimum atomic E-state index is -0.229. The summed E-state index contributed by atoms with van der Waals surface area (Å²) in [6.45, 7) is 3.87. The Morgan fingerprint density at radius 3 is 2.96 bits per heavy atom. The van der Waals surface area contributed by atoms with E-state index in [1.165, 1.54) is 11.3 Å². The van der Waals surface area contributed by atoms with Gasteiger partial charge in [-0.1, -0.05) is 11.2 Å². The maximum Gasteiger partial charge on any atom is 0.252 e. The molecule has 0 saturated heterocycles. The van der Waals surface area contributed by atoms with E-state index in [-0.39, 0.29) is 12.5 Å². The molecule has 4 aromatic rings. The molecule has 0 spiro atoms. The number of hydrogen-bond acceptors (Lipinski definition) is 7. The molecule has 132 valence electrons. The van der Waals surface area contributed by atoms with Gasteiger partial charge < -0.3 is 9.84 Å². The average Bonchev–Trinajstić information content (AvgIpc) is 3.33. The number of pyridine rings is 1. The normalized spacial score (nSPS) is 11.2. The summed E-state index contributed by atoms with van der Waals surface area (Å²) in [5.74, 6) is 0.647. The van der Waals surface area contributed by atoms with Crippen molar-refractivity contribution in [2.75, 3.05) is 0 Å². The largest absolute Gasteiger partial charge is 0.343 e. The molecule has 0 saturated carbocycles. The summed E-state index contributed by atoms with van der Waals surface area (Å²) < 4.78 is 6.90. The van der Waals surface area contributed by atoms with E-state index >= 15 is 0 Å². The number of carbonyl (C=O) groups is 1. The Kier molecular flexibility index (Phi) is 4.00. The van der Waals surface area contributed by atoms with Crippen molar-refractivity contribution in [3.05, 3.63) is 46.4 Å². The highest BCUT2D eigenvalue weighted by atomic mass is 32.1. The van der Waals surface area contributed by atoms with Gasteiger partial charge in [0.2, 0.25) is 11.7 Å². The lowest BCUT2D eigenvalue weighted by molar-refractivity contribution is 0.0947. The summed E-state index contributed by atoms with van der Waals surface area (Å²) in [6.07, 6.45) is 0. The van der Waals surface area contributed by atoms with Crippen molar-refractivity contribution in [2.45, 2.75) is 20.4 Å². The zero-order chi connectivity index (χ0) is 18.3. The zero-order valence-corrected chi connectivity index (χ0v) is 15.3. The van der Waals surface area contributed by atoms with Gasteiger partial charge in [0, 0.05) is 12.7 Å². The number of nitrogens with zero attached hydrogens (tertiary/aromatic N) is 5. The van der Waals surface area contributed by atoms with Gasteiger partial charge in [-0.15, -0.1) is 11.3 Å². The van der Waals surface area contributed by atoms with Gasteiger partial charge in [-0.2, -0.15) is 10.1 Å². The third kappa shape index (κ3) is 2.86. The molecule has 4 aromatic heterocycles. The second-order valence-corrected chi connectivity index (χ2v) is 6.84. The van der Waals surface area contributed by atoms with E-state index in [1.807, 2.05) is 38.4 Å². The van der Waals surface area contributed by atoms with Gasteiger partial charge >= 0.3 is 0 Å². The Balaban J connectivity index is 1.57. The van der Waals surface area contributed by atoms with E-state index in [4.69, 9.17) is 4.52 Å². The first-order valence-electron chi connectivity index (χ1n) is 7.98. The first kappa shape index (κ1) is 16.4. The molecule has 0 aliphatic rings. The molecule has 0 aliphatic heterocycles. The molecule has 1 amide bonds. The van der Waals surface area contributed by atoms with Crippen molar-refractivity contribution >= 4 is 28.3 Å². The van der Waals surface area contributed by atoms with E-state index in [0.29, 0.717) is 22.9 Å². The third-order valence-corrected chi connectivity index (χ3v) is 4.82. The minimum Gasteiger partial charge on any atom is -0.343 e. The summed E-state index contributed by atoms with van der Waals surface area (Å²) in [7, 11) is 1.81. The van der Waals surface area contributed by atoms with Crippen LogP contribution in [0.2, 0.25) is 0 Å². The van der Waals surface area contributed by atoms with Crippen LogP contribution in [0.4, 0.5) is 0 Å². The van der Waals surface area contributed by atoms with Crippen molar-refractivity contribution in [2.24, 2.45) is 7.05 Å². The molecule has 0 radical (unpaired) electrons. The number of carbonyl (C=O) groups excluding carboxylic acids is 1. The monoisotopic (exact) mass is 368 g/mol. The number of fused-ring (bicyclic) bond motifs is 1. The maximum atomic E-state index is 12.7. The van der Waals surface area contributed by atoms with Crippen LogP contribution in [0.25, 0.3) is 21.7 Å². The minimum absolute atomic E-state index is 0.152. The number of thiophene rings is 1. The molecule has 0 atom stereocenters. The summed E-state index contributed by atoms with van der Waals surface area (Å²) >= 11 is 1.53. The number of amides is 1. The van der Waals surface area contributed by atoms with Gasteiger partial charge in [0.25, 0.3) is 5.91 Å². The molecule has 1 N–H and O–H groups in total. The van der Waals surface area contributed by atoms with E-state index in [2.05, 4.69) is 25.5 Å². The van der Waals surface area contributed by atoms with Gasteiger partial charge in [-0.25, -0.2) is 4.98 Å². The van der Waals surface area contributed by atoms with Gasteiger partial charge in [0.15, 0.2) is 5.65 Å². The molecular formula is C17H16N6O2S. The van der Waals surface area contributed by atoms with Crippen molar-refractivity contribution in [1.29, 1.82) is 0 Å². The molecular weight excluding hydrogens is 352 g/mol. The number of hydrogen-bond donors (Lipinski definition) is 1. The van der Waals surface area contributed by atoms with Crippen LogP contribution in [0.3, 0.4) is 0 Å². The summed E-state index contributed by atoms with van der Waals surface area (Å²) in [4.78, 5) is 22.4. The molecule has 26 heavy (non-hydrogen) atoms. The lowest BCUT2D eigenvalue weighted by atomic mass is 10.1.